The Labute approximate surface area is 119 Å². The molecular formula is C15H22FNO3. The van der Waals surface area contributed by atoms with Crippen molar-refractivity contribution in [3.05, 3.63) is 35.1 Å². The highest BCUT2D eigenvalue weighted by Gasteiger charge is 2.11. The lowest BCUT2D eigenvalue weighted by Gasteiger charge is -2.09. The van der Waals surface area contributed by atoms with Gasteiger partial charge in [0.2, 0.25) is 0 Å². The molecule has 0 bridgehead atoms. The van der Waals surface area contributed by atoms with Crippen LogP contribution in [0.2, 0.25) is 0 Å². The van der Waals surface area contributed by atoms with Crippen LogP contribution in [-0.2, 0) is 11.3 Å². The van der Waals surface area contributed by atoms with Gasteiger partial charge >= 0.3 is 5.97 Å². The molecule has 0 aliphatic heterocycles. The van der Waals surface area contributed by atoms with Crippen molar-refractivity contribution in [1.82, 2.24) is 5.32 Å². The number of halogens is 1. The summed E-state index contributed by atoms with van der Waals surface area (Å²) in [5.41, 5.74) is 0.735. The van der Waals surface area contributed by atoms with Crippen LogP contribution in [-0.4, -0.2) is 31.3 Å². The van der Waals surface area contributed by atoms with Crippen LogP contribution >= 0.6 is 0 Å². The van der Waals surface area contributed by atoms with Gasteiger partial charge in [0.05, 0.1) is 12.7 Å². The maximum absolute atomic E-state index is 13.7. The topological polar surface area (TPSA) is 58.6 Å². The standard InChI is InChI=1S/C15H22FNO3/c1-11(10-18)4-3-7-17-9-12-5-6-13(14(16)8-12)15(19)20-2/h5-6,8,11,17-18H,3-4,7,9-10H2,1-2H3. The predicted molar refractivity (Wildman–Crippen MR) is 74.9 cm³/mol. The van der Waals surface area contributed by atoms with Crippen LogP contribution in [0.3, 0.4) is 0 Å². The van der Waals surface area contributed by atoms with Gasteiger partial charge < -0.3 is 15.2 Å². The lowest BCUT2D eigenvalue weighted by molar-refractivity contribution is 0.0595. The smallest absolute Gasteiger partial charge is 0.340 e. The van der Waals surface area contributed by atoms with Crippen molar-refractivity contribution in [1.29, 1.82) is 0 Å². The monoisotopic (exact) mass is 283 g/mol. The van der Waals surface area contributed by atoms with Crippen LogP contribution in [0.25, 0.3) is 0 Å². The molecule has 0 heterocycles. The van der Waals surface area contributed by atoms with Gasteiger partial charge in [-0.2, -0.15) is 0 Å². The third kappa shape index (κ3) is 5.27. The highest BCUT2D eigenvalue weighted by molar-refractivity contribution is 5.89. The van der Waals surface area contributed by atoms with Gasteiger partial charge in [0.1, 0.15) is 5.82 Å². The molecule has 0 saturated carbocycles. The number of rotatable bonds is 8. The van der Waals surface area contributed by atoms with Gasteiger partial charge in [0.15, 0.2) is 0 Å². The van der Waals surface area contributed by atoms with Crippen molar-refractivity contribution in [2.75, 3.05) is 20.3 Å². The first-order valence-electron chi connectivity index (χ1n) is 6.76. The summed E-state index contributed by atoms with van der Waals surface area (Å²) in [6, 6.07) is 4.49. The molecule has 20 heavy (non-hydrogen) atoms. The number of ether oxygens (including phenoxy) is 1. The van der Waals surface area contributed by atoms with E-state index in [0.717, 1.165) is 24.9 Å². The van der Waals surface area contributed by atoms with Crippen LogP contribution in [0.1, 0.15) is 35.7 Å². The lowest BCUT2D eigenvalue weighted by Crippen LogP contribution is -2.16. The molecule has 0 saturated heterocycles. The third-order valence-electron chi connectivity index (χ3n) is 3.13. The molecule has 0 fully saturated rings. The number of nitrogens with one attached hydrogen (secondary N) is 1. The molecule has 1 aromatic rings. The van der Waals surface area contributed by atoms with Gasteiger partial charge in [-0.1, -0.05) is 13.0 Å². The zero-order valence-corrected chi connectivity index (χ0v) is 12.0. The highest BCUT2D eigenvalue weighted by Crippen LogP contribution is 2.11. The molecule has 0 radical (unpaired) electrons. The van der Waals surface area contributed by atoms with E-state index in [1.165, 1.54) is 19.2 Å². The Morgan fingerprint density at radius 1 is 1.50 bits per heavy atom. The Hall–Kier alpha value is -1.46. The molecule has 4 nitrogen and oxygen atoms in total. The van der Waals surface area contributed by atoms with Crippen molar-refractivity contribution >= 4 is 5.97 Å². The van der Waals surface area contributed by atoms with Crippen molar-refractivity contribution in [2.45, 2.75) is 26.3 Å². The molecule has 5 heteroatoms. The summed E-state index contributed by atoms with van der Waals surface area (Å²) in [5.74, 6) is -0.918. The second-order valence-corrected chi connectivity index (χ2v) is 4.91. The average Bonchev–Trinajstić information content (AvgIpc) is 2.46. The van der Waals surface area contributed by atoms with E-state index in [4.69, 9.17) is 5.11 Å². The Morgan fingerprint density at radius 3 is 2.85 bits per heavy atom. The first-order valence-corrected chi connectivity index (χ1v) is 6.76. The molecule has 2 N–H and O–H groups in total. The summed E-state index contributed by atoms with van der Waals surface area (Å²) < 4.78 is 18.1. The van der Waals surface area contributed by atoms with Crippen LogP contribution in [0.5, 0.6) is 0 Å². The van der Waals surface area contributed by atoms with Gasteiger partial charge in [-0.25, -0.2) is 9.18 Å². The summed E-state index contributed by atoms with van der Waals surface area (Å²) in [5, 5.41) is 12.1. The number of esters is 1. The van der Waals surface area contributed by atoms with Gasteiger partial charge in [-0.3, -0.25) is 0 Å². The zero-order valence-electron chi connectivity index (χ0n) is 12.0. The van der Waals surface area contributed by atoms with E-state index in [1.54, 1.807) is 6.07 Å². The number of hydrogen-bond acceptors (Lipinski definition) is 4. The molecule has 0 aliphatic rings. The largest absolute Gasteiger partial charge is 0.465 e. The maximum atomic E-state index is 13.7. The maximum Gasteiger partial charge on any atom is 0.340 e. The molecule has 0 amide bonds. The van der Waals surface area contributed by atoms with E-state index in [2.05, 4.69) is 10.1 Å². The summed E-state index contributed by atoms with van der Waals surface area (Å²) in [6.07, 6.45) is 1.92. The lowest BCUT2D eigenvalue weighted by atomic mass is 10.1. The minimum atomic E-state index is -0.667. The van der Waals surface area contributed by atoms with Crippen molar-refractivity contribution in [3.8, 4) is 0 Å². The third-order valence-corrected chi connectivity index (χ3v) is 3.13. The van der Waals surface area contributed by atoms with Gasteiger partial charge in [0, 0.05) is 13.2 Å². The first-order chi connectivity index (χ1) is 9.58. The van der Waals surface area contributed by atoms with Crippen molar-refractivity contribution < 1.29 is 19.0 Å². The molecule has 1 atom stereocenters. The van der Waals surface area contributed by atoms with Gasteiger partial charge in [-0.05, 0) is 43.0 Å². The highest BCUT2D eigenvalue weighted by atomic mass is 19.1. The number of aliphatic hydroxyl groups is 1. The van der Waals surface area contributed by atoms with E-state index in [1.807, 2.05) is 6.92 Å². The van der Waals surface area contributed by atoms with E-state index in [-0.39, 0.29) is 12.2 Å². The average molecular weight is 283 g/mol. The van der Waals surface area contributed by atoms with E-state index < -0.39 is 11.8 Å². The molecule has 0 spiro atoms. The molecular weight excluding hydrogens is 261 g/mol. The molecule has 1 unspecified atom stereocenters. The number of carbonyl (C=O) groups is 1. The van der Waals surface area contributed by atoms with Crippen molar-refractivity contribution in [3.63, 3.8) is 0 Å². The van der Waals surface area contributed by atoms with Crippen LogP contribution in [0.15, 0.2) is 18.2 Å². The van der Waals surface area contributed by atoms with E-state index in [9.17, 15) is 9.18 Å². The SMILES string of the molecule is COC(=O)c1ccc(CNCCCC(C)CO)cc1F. The first kappa shape index (κ1) is 16.6. The van der Waals surface area contributed by atoms with Crippen LogP contribution < -0.4 is 5.32 Å². The summed E-state index contributed by atoms with van der Waals surface area (Å²) in [7, 11) is 1.23. The Kier molecular flexibility index (Phi) is 7.18. The van der Waals surface area contributed by atoms with Gasteiger partial charge in [-0.15, -0.1) is 0 Å². The fraction of sp³-hybridized carbons (Fsp3) is 0.533. The molecule has 1 aromatic carbocycles. The zero-order chi connectivity index (χ0) is 15.0. The fourth-order valence-electron chi connectivity index (χ4n) is 1.84. The second kappa shape index (κ2) is 8.66. The van der Waals surface area contributed by atoms with Gasteiger partial charge in [0.25, 0.3) is 0 Å². The van der Waals surface area contributed by atoms with Crippen LogP contribution in [0, 0.1) is 11.7 Å². The normalized spacial score (nSPS) is 12.2. The Morgan fingerprint density at radius 2 is 2.25 bits per heavy atom. The fourth-order valence-corrected chi connectivity index (χ4v) is 1.84. The quantitative estimate of drug-likeness (QED) is 0.567. The number of aliphatic hydroxyl groups excluding tert-OH is 1. The predicted octanol–water partition coefficient (Wildman–Crippen LogP) is 2.11. The van der Waals surface area contributed by atoms with Crippen LogP contribution in [0.4, 0.5) is 4.39 Å². The second-order valence-electron chi connectivity index (χ2n) is 4.91. The molecule has 1 rings (SSSR count). The Balaban J connectivity index is 2.38. The van der Waals surface area contributed by atoms with E-state index >= 15 is 0 Å². The van der Waals surface area contributed by atoms with E-state index in [0.29, 0.717) is 12.5 Å². The molecule has 0 aromatic heterocycles. The molecule has 0 aliphatic carbocycles. The summed E-state index contributed by atoms with van der Waals surface area (Å²) >= 11 is 0. The number of benzene rings is 1. The summed E-state index contributed by atoms with van der Waals surface area (Å²) in [6.45, 7) is 3.57. The number of hydrogen-bond donors (Lipinski definition) is 2. The minimum Gasteiger partial charge on any atom is -0.465 e. The molecule has 112 valence electrons. The minimum absolute atomic E-state index is 0.0481. The van der Waals surface area contributed by atoms with Crippen molar-refractivity contribution in [2.24, 2.45) is 5.92 Å². The number of methoxy groups -OCH3 is 1. The number of carbonyl (C=O) groups excluding carboxylic acids is 1. The summed E-state index contributed by atoms with van der Waals surface area (Å²) in [4.78, 5) is 11.2. The Bertz CT molecular complexity index is 437.